The van der Waals surface area contributed by atoms with Gasteiger partial charge < -0.3 is 16.0 Å². The number of carbonyl (C=O) groups is 2. The van der Waals surface area contributed by atoms with Gasteiger partial charge in [-0.05, 0) is 18.1 Å². The van der Waals surface area contributed by atoms with Crippen molar-refractivity contribution in [2.45, 2.75) is 13.3 Å². The van der Waals surface area contributed by atoms with E-state index in [1.54, 1.807) is 29.2 Å². The van der Waals surface area contributed by atoms with Crippen molar-refractivity contribution in [3.8, 4) is 0 Å². The molecule has 1 aliphatic rings. The Hall–Kier alpha value is -2.04. The van der Waals surface area contributed by atoms with Crippen molar-refractivity contribution in [3.05, 3.63) is 24.3 Å². The summed E-state index contributed by atoms with van der Waals surface area (Å²) in [5.41, 5.74) is 6.84. The molecule has 1 aliphatic heterocycles. The summed E-state index contributed by atoms with van der Waals surface area (Å²) in [5.74, 6) is 0.154. The molecule has 1 aromatic rings. The maximum absolute atomic E-state index is 11.8. The van der Waals surface area contributed by atoms with Crippen molar-refractivity contribution >= 4 is 23.2 Å². The summed E-state index contributed by atoms with van der Waals surface area (Å²) in [4.78, 5) is 25.0. The van der Waals surface area contributed by atoms with E-state index in [1.807, 2.05) is 6.92 Å². The van der Waals surface area contributed by atoms with Crippen molar-refractivity contribution < 1.29 is 9.59 Å². The largest absolute Gasteiger partial charge is 0.397 e. The number of para-hydroxylation sites is 2. The van der Waals surface area contributed by atoms with Crippen LogP contribution in [0.3, 0.4) is 0 Å². The van der Waals surface area contributed by atoms with E-state index in [2.05, 4.69) is 5.32 Å². The number of anilines is 2. The number of nitrogens with one attached hydrogen (secondary N) is 1. The number of hydrogen-bond donors (Lipinski definition) is 2. The van der Waals surface area contributed by atoms with Crippen LogP contribution in [0.4, 0.5) is 11.4 Å². The van der Waals surface area contributed by atoms with Gasteiger partial charge in [-0.3, -0.25) is 9.59 Å². The van der Waals surface area contributed by atoms with Gasteiger partial charge in [0.25, 0.3) is 0 Å². The van der Waals surface area contributed by atoms with E-state index in [1.165, 1.54) is 0 Å². The molecule has 5 heteroatoms. The first-order chi connectivity index (χ1) is 8.56. The molecular weight excluding hydrogens is 230 g/mol. The lowest BCUT2D eigenvalue weighted by Crippen LogP contribution is -2.34. The van der Waals surface area contributed by atoms with Crippen LogP contribution in [0.25, 0.3) is 0 Å². The number of amides is 2. The highest BCUT2D eigenvalue weighted by Gasteiger charge is 2.27. The molecule has 1 atom stereocenters. The molecule has 0 bridgehead atoms. The molecule has 1 saturated heterocycles. The minimum atomic E-state index is -0.213. The van der Waals surface area contributed by atoms with Gasteiger partial charge in [0.1, 0.15) is 0 Å². The zero-order valence-electron chi connectivity index (χ0n) is 10.3. The van der Waals surface area contributed by atoms with Crippen LogP contribution >= 0.6 is 0 Å². The quantitative estimate of drug-likeness (QED) is 0.785. The highest BCUT2D eigenvalue weighted by Crippen LogP contribution is 2.18. The van der Waals surface area contributed by atoms with Crippen molar-refractivity contribution in [1.82, 2.24) is 4.90 Å². The maximum atomic E-state index is 11.8. The molecule has 1 aromatic carbocycles. The monoisotopic (exact) mass is 247 g/mol. The first-order valence-corrected chi connectivity index (χ1v) is 5.98. The number of nitrogen functional groups attached to an aromatic ring is 1. The molecule has 96 valence electrons. The molecule has 2 amide bonds. The van der Waals surface area contributed by atoms with Crippen LogP contribution < -0.4 is 11.1 Å². The fourth-order valence-corrected chi connectivity index (χ4v) is 2.10. The number of nitrogens with two attached hydrogens (primary N) is 1. The Morgan fingerprint density at radius 3 is 2.83 bits per heavy atom. The summed E-state index contributed by atoms with van der Waals surface area (Å²) in [5, 5.41) is 2.71. The predicted molar refractivity (Wildman–Crippen MR) is 69.8 cm³/mol. The Labute approximate surface area is 106 Å². The van der Waals surface area contributed by atoms with Gasteiger partial charge in [-0.15, -0.1) is 0 Å². The lowest BCUT2D eigenvalue weighted by Gasteiger charge is -2.16. The Balaban J connectivity index is 1.94. The van der Waals surface area contributed by atoms with Gasteiger partial charge in [-0.1, -0.05) is 19.1 Å². The average molecular weight is 247 g/mol. The average Bonchev–Trinajstić information content (AvgIpc) is 2.61. The zero-order chi connectivity index (χ0) is 13.1. The third kappa shape index (κ3) is 2.80. The summed E-state index contributed by atoms with van der Waals surface area (Å²) >= 11 is 0. The van der Waals surface area contributed by atoms with Gasteiger partial charge in [0.05, 0.1) is 17.9 Å². The molecule has 0 radical (unpaired) electrons. The van der Waals surface area contributed by atoms with Crippen LogP contribution in [0.15, 0.2) is 24.3 Å². The van der Waals surface area contributed by atoms with E-state index in [0.29, 0.717) is 30.3 Å². The SMILES string of the molecule is CC1CC(=O)N(CC(=O)Nc2ccccc2N)C1. The van der Waals surface area contributed by atoms with E-state index < -0.39 is 0 Å². The highest BCUT2D eigenvalue weighted by molar-refractivity contribution is 5.97. The van der Waals surface area contributed by atoms with Crippen LogP contribution in [0, 0.1) is 5.92 Å². The smallest absolute Gasteiger partial charge is 0.244 e. The van der Waals surface area contributed by atoms with Crippen LogP contribution in [0.2, 0.25) is 0 Å². The normalized spacial score (nSPS) is 19.1. The number of likely N-dealkylation sites (tertiary alicyclic amines) is 1. The van der Waals surface area contributed by atoms with Crippen LogP contribution in [-0.4, -0.2) is 29.8 Å². The standard InChI is InChI=1S/C13H17N3O2/c1-9-6-13(18)16(7-9)8-12(17)15-11-5-3-2-4-10(11)14/h2-5,9H,6-8,14H2,1H3,(H,15,17). The van der Waals surface area contributed by atoms with E-state index in [-0.39, 0.29) is 18.4 Å². The number of nitrogens with zero attached hydrogens (tertiary/aromatic N) is 1. The number of benzene rings is 1. The Kier molecular flexibility index (Phi) is 3.50. The number of hydrogen-bond acceptors (Lipinski definition) is 3. The second-order valence-corrected chi connectivity index (χ2v) is 4.72. The first kappa shape index (κ1) is 12.4. The fraction of sp³-hybridized carbons (Fsp3) is 0.385. The summed E-state index contributed by atoms with van der Waals surface area (Å²) in [6.45, 7) is 2.75. The molecule has 0 spiro atoms. The molecule has 1 fully saturated rings. The molecule has 5 nitrogen and oxygen atoms in total. The minimum absolute atomic E-state index is 0.0404. The van der Waals surface area contributed by atoms with Crippen LogP contribution in [-0.2, 0) is 9.59 Å². The van der Waals surface area contributed by atoms with Gasteiger partial charge in [-0.25, -0.2) is 0 Å². The fourth-order valence-electron chi connectivity index (χ4n) is 2.10. The van der Waals surface area contributed by atoms with E-state index >= 15 is 0 Å². The zero-order valence-corrected chi connectivity index (χ0v) is 10.3. The summed E-state index contributed by atoms with van der Waals surface area (Å²) in [6.07, 6.45) is 0.529. The van der Waals surface area contributed by atoms with Gasteiger partial charge >= 0.3 is 0 Å². The summed E-state index contributed by atoms with van der Waals surface area (Å²) in [6, 6.07) is 7.06. The molecule has 1 heterocycles. The number of carbonyl (C=O) groups excluding carboxylic acids is 2. The first-order valence-electron chi connectivity index (χ1n) is 5.98. The molecular formula is C13H17N3O2. The van der Waals surface area contributed by atoms with Crippen molar-refractivity contribution in [1.29, 1.82) is 0 Å². The van der Waals surface area contributed by atoms with Gasteiger partial charge in [0.15, 0.2) is 0 Å². The molecule has 0 aromatic heterocycles. The second-order valence-electron chi connectivity index (χ2n) is 4.72. The van der Waals surface area contributed by atoms with E-state index in [0.717, 1.165) is 0 Å². The lowest BCUT2D eigenvalue weighted by molar-refractivity contribution is -0.131. The highest BCUT2D eigenvalue weighted by atomic mass is 16.2. The predicted octanol–water partition coefficient (Wildman–Crippen LogP) is 1.08. The molecule has 1 unspecified atom stereocenters. The van der Waals surface area contributed by atoms with Crippen molar-refractivity contribution in [2.75, 3.05) is 24.1 Å². The van der Waals surface area contributed by atoms with Gasteiger partial charge in [-0.2, -0.15) is 0 Å². The van der Waals surface area contributed by atoms with Gasteiger partial charge in [0, 0.05) is 13.0 Å². The minimum Gasteiger partial charge on any atom is -0.397 e. The topological polar surface area (TPSA) is 75.4 Å². The van der Waals surface area contributed by atoms with Crippen LogP contribution in [0.5, 0.6) is 0 Å². The van der Waals surface area contributed by atoms with Crippen LogP contribution in [0.1, 0.15) is 13.3 Å². The molecule has 3 N–H and O–H groups in total. The third-order valence-corrected chi connectivity index (χ3v) is 2.98. The Bertz CT molecular complexity index is 473. The summed E-state index contributed by atoms with van der Waals surface area (Å²) < 4.78 is 0. The van der Waals surface area contributed by atoms with E-state index in [4.69, 9.17) is 5.73 Å². The molecule has 0 aliphatic carbocycles. The molecule has 2 rings (SSSR count). The lowest BCUT2D eigenvalue weighted by atomic mass is 10.2. The van der Waals surface area contributed by atoms with Gasteiger partial charge in [0.2, 0.25) is 11.8 Å². The summed E-state index contributed by atoms with van der Waals surface area (Å²) in [7, 11) is 0. The molecule has 18 heavy (non-hydrogen) atoms. The Morgan fingerprint density at radius 1 is 1.50 bits per heavy atom. The van der Waals surface area contributed by atoms with E-state index in [9.17, 15) is 9.59 Å². The number of rotatable bonds is 3. The molecule has 0 saturated carbocycles. The Morgan fingerprint density at radius 2 is 2.22 bits per heavy atom. The second kappa shape index (κ2) is 5.08. The third-order valence-electron chi connectivity index (χ3n) is 2.98. The maximum Gasteiger partial charge on any atom is 0.244 e. The van der Waals surface area contributed by atoms with Crippen molar-refractivity contribution in [3.63, 3.8) is 0 Å². The van der Waals surface area contributed by atoms with Crippen molar-refractivity contribution in [2.24, 2.45) is 5.92 Å².